The summed E-state index contributed by atoms with van der Waals surface area (Å²) in [5.41, 5.74) is 0. The zero-order chi connectivity index (χ0) is 13.1. The molecule has 1 saturated heterocycles. The van der Waals surface area contributed by atoms with E-state index in [1.165, 1.54) is 4.31 Å². The van der Waals surface area contributed by atoms with Gasteiger partial charge in [0.15, 0.2) is 0 Å². The molecule has 1 rings (SSSR count). The first kappa shape index (κ1) is 14.9. The van der Waals surface area contributed by atoms with Crippen LogP contribution in [-0.2, 0) is 10.0 Å². The molecule has 0 aromatic heterocycles. The standard InChI is InChI=1S/C11H24N2O3S/c1-10(9-14)17(15,16)13(3)8-11-4-6-12(2)7-5-11/h10-11,14H,4-9H2,1-3H3. The molecule has 1 heterocycles. The summed E-state index contributed by atoms with van der Waals surface area (Å²) in [7, 11) is 0.367. The lowest BCUT2D eigenvalue weighted by Gasteiger charge is -2.32. The second-order valence-electron chi connectivity index (χ2n) is 5.07. The lowest BCUT2D eigenvalue weighted by Crippen LogP contribution is -2.41. The van der Waals surface area contributed by atoms with Gasteiger partial charge in [0, 0.05) is 13.6 Å². The van der Waals surface area contributed by atoms with E-state index in [1.54, 1.807) is 14.0 Å². The monoisotopic (exact) mass is 264 g/mol. The van der Waals surface area contributed by atoms with Gasteiger partial charge in [0.1, 0.15) is 0 Å². The second kappa shape index (κ2) is 6.13. The van der Waals surface area contributed by atoms with E-state index in [9.17, 15) is 8.42 Å². The molecule has 0 aromatic rings. The Hall–Kier alpha value is -0.170. The molecule has 102 valence electrons. The molecule has 0 amide bonds. The Labute approximate surface area is 104 Å². The molecular formula is C11H24N2O3S. The zero-order valence-electron chi connectivity index (χ0n) is 11.0. The van der Waals surface area contributed by atoms with Gasteiger partial charge in [0.2, 0.25) is 10.0 Å². The number of aliphatic hydroxyl groups is 1. The first-order valence-electron chi connectivity index (χ1n) is 6.12. The summed E-state index contributed by atoms with van der Waals surface area (Å²) >= 11 is 0. The average Bonchev–Trinajstić information content (AvgIpc) is 2.30. The summed E-state index contributed by atoms with van der Waals surface area (Å²) in [5.74, 6) is 0.442. The Morgan fingerprint density at radius 1 is 1.41 bits per heavy atom. The van der Waals surface area contributed by atoms with Gasteiger partial charge in [-0.2, -0.15) is 0 Å². The Bertz CT molecular complexity index is 324. The highest BCUT2D eigenvalue weighted by molar-refractivity contribution is 7.89. The number of sulfonamides is 1. The number of hydrogen-bond donors (Lipinski definition) is 1. The summed E-state index contributed by atoms with van der Waals surface area (Å²) in [5, 5.41) is 8.24. The van der Waals surface area contributed by atoms with Crippen LogP contribution < -0.4 is 0 Å². The molecule has 1 atom stereocenters. The van der Waals surface area contributed by atoms with E-state index in [0.29, 0.717) is 12.5 Å². The third kappa shape index (κ3) is 3.91. The van der Waals surface area contributed by atoms with Crippen LogP contribution in [0.4, 0.5) is 0 Å². The Kier molecular flexibility index (Phi) is 5.37. The highest BCUT2D eigenvalue weighted by Gasteiger charge is 2.28. The molecule has 1 N–H and O–H groups in total. The lowest BCUT2D eigenvalue weighted by atomic mass is 9.97. The fourth-order valence-electron chi connectivity index (χ4n) is 2.11. The third-order valence-corrected chi connectivity index (χ3v) is 5.74. The van der Waals surface area contributed by atoms with Crippen molar-refractivity contribution in [1.82, 2.24) is 9.21 Å². The molecule has 0 radical (unpaired) electrons. The van der Waals surface area contributed by atoms with E-state index >= 15 is 0 Å². The maximum atomic E-state index is 12.0. The van der Waals surface area contributed by atoms with Crippen molar-refractivity contribution in [2.45, 2.75) is 25.0 Å². The number of nitrogens with zero attached hydrogens (tertiary/aromatic N) is 2. The van der Waals surface area contributed by atoms with E-state index in [0.717, 1.165) is 25.9 Å². The molecule has 17 heavy (non-hydrogen) atoms. The van der Waals surface area contributed by atoms with Crippen LogP contribution in [0, 0.1) is 5.92 Å². The molecular weight excluding hydrogens is 240 g/mol. The Morgan fingerprint density at radius 2 is 1.94 bits per heavy atom. The van der Waals surface area contributed by atoms with Gasteiger partial charge in [0.25, 0.3) is 0 Å². The molecule has 0 spiro atoms. The van der Waals surface area contributed by atoms with Crippen molar-refractivity contribution >= 4 is 10.0 Å². The van der Waals surface area contributed by atoms with Crippen LogP contribution in [0.15, 0.2) is 0 Å². The van der Waals surface area contributed by atoms with E-state index in [1.807, 2.05) is 0 Å². The van der Waals surface area contributed by atoms with Crippen LogP contribution in [0.2, 0.25) is 0 Å². The summed E-state index contributed by atoms with van der Waals surface area (Å²) < 4.78 is 25.3. The van der Waals surface area contributed by atoms with Crippen LogP contribution >= 0.6 is 0 Å². The van der Waals surface area contributed by atoms with Crippen molar-refractivity contribution in [3.63, 3.8) is 0 Å². The van der Waals surface area contributed by atoms with E-state index < -0.39 is 15.3 Å². The number of piperidine rings is 1. The van der Waals surface area contributed by atoms with Gasteiger partial charge in [-0.15, -0.1) is 0 Å². The van der Waals surface area contributed by atoms with Crippen LogP contribution in [0.3, 0.4) is 0 Å². The average molecular weight is 264 g/mol. The lowest BCUT2D eigenvalue weighted by molar-refractivity contribution is 0.201. The van der Waals surface area contributed by atoms with Crippen LogP contribution in [-0.4, -0.2) is 68.3 Å². The molecule has 6 heteroatoms. The van der Waals surface area contributed by atoms with Gasteiger partial charge in [-0.25, -0.2) is 12.7 Å². The highest BCUT2D eigenvalue weighted by atomic mass is 32.2. The largest absolute Gasteiger partial charge is 0.395 e. The molecule has 1 aliphatic rings. The van der Waals surface area contributed by atoms with E-state index in [-0.39, 0.29) is 6.61 Å². The topological polar surface area (TPSA) is 60.9 Å². The minimum Gasteiger partial charge on any atom is -0.395 e. The van der Waals surface area contributed by atoms with Gasteiger partial charge in [-0.1, -0.05) is 0 Å². The van der Waals surface area contributed by atoms with Crippen molar-refractivity contribution < 1.29 is 13.5 Å². The molecule has 0 bridgehead atoms. The van der Waals surface area contributed by atoms with Gasteiger partial charge < -0.3 is 10.0 Å². The number of aliphatic hydroxyl groups excluding tert-OH is 1. The molecule has 1 aliphatic heterocycles. The summed E-state index contributed by atoms with van der Waals surface area (Å²) in [6.45, 7) is 3.86. The maximum Gasteiger partial charge on any atom is 0.218 e. The molecule has 1 fully saturated rings. The Balaban J connectivity index is 2.51. The molecule has 0 aliphatic carbocycles. The van der Waals surface area contributed by atoms with Gasteiger partial charge in [-0.05, 0) is 45.8 Å². The highest BCUT2D eigenvalue weighted by Crippen LogP contribution is 2.19. The van der Waals surface area contributed by atoms with Crippen molar-refractivity contribution in [2.75, 3.05) is 40.3 Å². The zero-order valence-corrected chi connectivity index (χ0v) is 11.8. The quantitative estimate of drug-likeness (QED) is 0.757. The van der Waals surface area contributed by atoms with Crippen LogP contribution in [0.5, 0.6) is 0 Å². The van der Waals surface area contributed by atoms with Gasteiger partial charge in [-0.3, -0.25) is 0 Å². The van der Waals surface area contributed by atoms with Crippen molar-refractivity contribution in [3.8, 4) is 0 Å². The molecule has 0 aromatic carbocycles. The summed E-state index contributed by atoms with van der Waals surface area (Å²) in [6.07, 6.45) is 2.09. The van der Waals surface area contributed by atoms with Crippen LogP contribution in [0.25, 0.3) is 0 Å². The van der Waals surface area contributed by atoms with E-state index in [4.69, 9.17) is 5.11 Å². The third-order valence-electron chi connectivity index (χ3n) is 3.55. The minimum atomic E-state index is -3.33. The Morgan fingerprint density at radius 3 is 2.41 bits per heavy atom. The fraction of sp³-hybridized carbons (Fsp3) is 1.00. The minimum absolute atomic E-state index is 0.319. The number of rotatable bonds is 5. The fourth-order valence-corrected chi connectivity index (χ4v) is 3.33. The smallest absolute Gasteiger partial charge is 0.218 e. The van der Waals surface area contributed by atoms with E-state index in [2.05, 4.69) is 11.9 Å². The summed E-state index contributed by atoms with van der Waals surface area (Å²) in [4.78, 5) is 2.27. The molecule has 1 unspecified atom stereocenters. The normalized spacial score (nSPS) is 21.9. The summed E-state index contributed by atoms with van der Waals surface area (Å²) in [6, 6.07) is 0. The van der Waals surface area contributed by atoms with Gasteiger partial charge in [0.05, 0.1) is 11.9 Å². The second-order valence-corrected chi connectivity index (χ2v) is 7.52. The van der Waals surface area contributed by atoms with Crippen molar-refractivity contribution in [3.05, 3.63) is 0 Å². The molecule has 5 nitrogen and oxygen atoms in total. The predicted molar refractivity (Wildman–Crippen MR) is 68.3 cm³/mol. The van der Waals surface area contributed by atoms with Crippen molar-refractivity contribution in [2.24, 2.45) is 5.92 Å². The molecule has 0 saturated carbocycles. The first-order valence-corrected chi connectivity index (χ1v) is 7.62. The van der Waals surface area contributed by atoms with Crippen molar-refractivity contribution in [1.29, 1.82) is 0 Å². The maximum absolute atomic E-state index is 12.0. The van der Waals surface area contributed by atoms with Crippen LogP contribution in [0.1, 0.15) is 19.8 Å². The predicted octanol–water partition coefficient (Wildman–Crippen LogP) is -0.0294. The first-order chi connectivity index (χ1) is 7.87. The van der Waals surface area contributed by atoms with Gasteiger partial charge >= 0.3 is 0 Å². The number of likely N-dealkylation sites (tertiary alicyclic amines) is 1. The number of hydrogen-bond acceptors (Lipinski definition) is 4. The SMILES string of the molecule is CC(CO)S(=O)(=O)N(C)CC1CCN(C)CC1.